The number of ketones is 1. The largest absolute Gasteiger partial charge is 0.467 e. The predicted molar refractivity (Wildman–Crippen MR) is 117 cm³/mol. The number of carbonyl (C=O) groups excluding carboxylic acids is 2. The predicted octanol–water partition coefficient (Wildman–Crippen LogP) is 0.406. The number of hydrogen-bond donors (Lipinski definition) is 1. The Hall–Kier alpha value is -3.14. The monoisotopic (exact) mass is 447 g/mol. The van der Waals surface area contributed by atoms with Crippen LogP contribution in [0.15, 0.2) is 66.2 Å². The van der Waals surface area contributed by atoms with Gasteiger partial charge < -0.3 is 19.4 Å². The van der Waals surface area contributed by atoms with Crippen molar-refractivity contribution >= 4 is 45.4 Å². The van der Waals surface area contributed by atoms with Gasteiger partial charge in [-0.05, 0) is 30.2 Å². The van der Waals surface area contributed by atoms with Crippen molar-refractivity contribution in [1.82, 2.24) is 0 Å². The van der Waals surface area contributed by atoms with E-state index in [0.29, 0.717) is 0 Å². The molecular weight excluding hydrogens is 431 g/mol. The standard InChI is InChI=1S/C20H16B3NO7S/c1-2-29-18(26)12-8-10-13(11-9-12)19(21)16(25)15(17(24)30-19)31-32(27,28)20(22,23)14-6-4-3-5-7-14/h3-11H,2,24H2,1H3. The summed E-state index contributed by atoms with van der Waals surface area (Å²) in [5.41, 5.74) is 3.82. The summed E-state index contributed by atoms with van der Waals surface area (Å²) in [5, 5.41) is 0. The summed E-state index contributed by atoms with van der Waals surface area (Å²) < 4.78 is 38.1. The Bertz CT molecular complexity index is 1180. The molecule has 158 valence electrons. The van der Waals surface area contributed by atoms with Crippen LogP contribution in [-0.4, -0.2) is 50.3 Å². The first kappa shape index (κ1) is 23.5. The van der Waals surface area contributed by atoms with Crippen LogP contribution in [0.5, 0.6) is 0 Å². The Morgan fingerprint density at radius 3 is 2.28 bits per heavy atom. The van der Waals surface area contributed by atoms with Crippen LogP contribution in [0.1, 0.15) is 28.4 Å². The number of nitrogens with two attached hydrogens (primary N) is 1. The Kier molecular flexibility index (Phi) is 6.19. The molecule has 0 aromatic heterocycles. The van der Waals surface area contributed by atoms with Crippen LogP contribution in [0.25, 0.3) is 0 Å². The van der Waals surface area contributed by atoms with Crippen LogP contribution >= 0.6 is 0 Å². The maximum absolute atomic E-state index is 13.0. The molecule has 0 spiro atoms. The van der Waals surface area contributed by atoms with Gasteiger partial charge in [0.2, 0.25) is 17.4 Å². The zero-order valence-corrected chi connectivity index (χ0v) is 17.8. The molecule has 1 aliphatic heterocycles. The van der Waals surface area contributed by atoms with Gasteiger partial charge >= 0.3 is 16.1 Å². The molecule has 0 fully saturated rings. The van der Waals surface area contributed by atoms with Crippen molar-refractivity contribution in [2.75, 3.05) is 6.61 Å². The van der Waals surface area contributed by atoms with Crippen molar-refractivity contribution in [3.05, 3.63) is 82.9 Å². The molecule has 2 aromatic rings. The van der Waals surface area contributed by atoms with E-state index in [9.17, 15) is 18.0 Å². The number of hydrogen-bond acceptors (Lipinski definition) is 8. The maximum Gasteiger partial charge on any atom is 0.338 e. The fourth-order valence-electron chi connectivity index (χ4n) is 2.91. The summed E-state index contributed by atoms with van der Waals surface area (Å²) in [4.78, 5) is 24.8. The van der Waals surface area contributed by atoms with Gasteiger partial charge in [0, 0.05) is 0 Å². The van der Waals surface area contributed by atoms with Crippen LogP contribution in [0.3, 0.4) is 0 Å². The summed E-state index contributed by atoms with van der Waals surface area (Å²) in [6.45, 7) is 1.84. The maximum atomic E-state index is 13.0. The molecule has 1 aliphatic rings. The lowest BCUT2D eigenvalue weighted by Gasteiger charge is -2.26. The van der Waals surface area contributed by atoms with Gasteiger partial charge in [-0.3, -0.25) is 4.79 Å². The van der Waals surface area contributed by atoms with E-state index in [1.54, 1.807) is 13.0 Å². The van der Waals surface area contributed by atoms with Crippen molar-refractivity contribution in [3.8, 4) is 0 Å². The molecule has 2 aromatic carbocycles. The Labute approximate surface area is 189 Å². The van der Waals surface area contributed by atoms with E-state index in [1.165, 1.54) is 48.5 Å². The third-order valence-electron chi connectivity index (χ3n) is 4.69. The minimum absolute atomic E-state index is 0.0131. The van der Waals surface area contributed by atoms with Gasteiger partial charge in [-0.1, -0.05) is 42.5 Å². The van der Waals surface area contributed by atoms with E-state index in [-0.39, 0.29) is 23.3 Å². The lowest BCUT2D eigenvalue weighted by molar-refractivity contribution is -0.126. The zero-order valence-electron chi connectivity index (χ0n) is 17.0. The van der Waals surface area contributed by atoms with Gasteiger partial charge in [0.25, 0.3) is 0 Å². The highest BCUT2D eigenvalue weighted by Gasteiger charge is 2.50. The van der Waals surface area contributed by atoms with Crippen molar-refractivity contribution < 1.29 is 31.7 Å². The van der Waals surface area contributed by atoms with Crippen LogP contribution in [0.2, 0.25) is 0 Å². The first-order valence-electron chi connectivity index (χ1n) is 9.31. The van der Waals surface area contributed by atoms with Gasteiger partial charge in [0.1, 0.15) is 7.85 Å². The molecule has 0 aliphatic carbocycles. The number of ether oxygens (including phenoxy) is 2. The molecule has 3 rings (SSSR count). The molecule has 1 heterocycles. The summed E-state index contributed by atoms with van der Waals surface area (Å²) in [7, 11) is 12.9. The lowest BCUT2D eigenvalue weighted by Crippen LogP contribution is -2.40. The first-order valence-corrected chi connectivity index (χ1v) is 10.7. The molecular formula is C20H16B3NO7S. The average molecular weight is 447 g/mol. The quantitative estimate of drug-likeness (QED) is 0.368. The number of esters is 1. The second kappa shape index (κ2) is 8.42. The Balaban J connectivity index is 1.87. The minimum atomic E-state index is -4.82. The number of carbonyl (C=O) groups is 2. The average Bonchev–Trinajstić information content (AvgIpc) is 2.98. The van der Waals surface area contributed by atoms with Gasteiger partial charge in [-0.15, -0.1) is 0 Å². The molecule has 0 amide bonds. The molecule has 8 nitrogen and oxygen atoms in total. The van der Waals surface area contributed by atoms with Crippen molar-refractivity contribution in [3.63, 3.8) is 0 Å². The summed E-state index contributed by atoms with van der Waals surface area (Å²) >= 11 is 0. The van der Waals surface area contributed by atoms with Crippen LogP contribution < -0.4 is 5.73 Å². The molecule has 0 saturated carbocycles. The fraction of sp³-hybridized carbons (Fsp3) is 0.200. The lowest BCUT2D eigenvalue weighted by atomic mass is 9.65. The second-order valence-corrected chi connectivity index (χ2v) is 8.61. The van der Waals surface area contributed by atoms with Gasteiger partial charge in [0.05, 0.1) is 32.4 Å². The molecule has 2 N–H and O–H groups in total. The molecule has 1 atom stereocenters. The highest BCUT2D eigenvalue weighted by Crippen LogP contribution is 2.38. The Morgan fingerprint density at radius 1 is 1.12 bits per heavy atom. The molecule has 32 heavy (non-hydrogen) atoms. The number of Topliss-reactive ketones (excluding diaryl/α,β-unsaturated/α-hetero) is 1. The highest BCUT2D eigenvalue weighted by atomic mass is 32.2. The third-order valence-corrected chi connectivity index (χ3v) is 6.14. The van der Waals surface area contributed by atoms with E-state index in [4.69, 9.17) is 42.9 Å². The molecule has 12 heteroatoms. The van der Waals surface area contributed by atoms with Crippen molar-refractivity contribution in [2.45, 2.75) is 17.0 Å². The first-order chi connectivity index (χ1) is 14.9. The Morgan fingerprint density at radius 2 is 1.72 bits per heavy atom. The van der Waals surface area contributed by atoms with Crippen molar-refractivity contribution in [2.24, 2.45) is 5.73 Å². The zero-order chi connectivity index (χ0) is 23.7. The van der Waals surface area contributed by atoms with Gasteiger partial charge in [-0.25, -0.2) is 4.79 Å². The summed E-state index contributed by atoms with van der Waals surface area (Å²) in [5.74, 6) is -3.18. The van der Waals surface area contributed by atoms with E-state index >= 15 is 0 Å². The van der Waals surface area contributed by atoms with E-state index < -0.39 is 43.6 Å². The highest BCUT2D eigenvalue weighted by molar-refractivity contribution is 7.90. The van der Waals surface area contributed by atoms with Crippen molar-refractivity contribution in [1.29, 1.82) is 0 Å². The third kappa shape index (κ3) is 4.02. The van der Waals surface area contributed by atoms with E-state index in [2.05, 4.69) is 0 Å². The molecule has 0 saturated heterocycles. The van der Waals surface area contributed by atoms with Crippen LogP contribution in [0.4, 0.5) is 0 Å². The van der Waals surface area contributed by atoms with E-state index in [0.717, 1.165) is 0 Å². The van der Waals surface area contributed by atoms with Crippen LogP contribution in [0, 0.1) is 0 Å². The SMILES string of the molecule is [B]C1(c2ccc(C(=O)OCC)cc2)OC(N)=C(OS(=O)(=O)C([B])([B])c2ccccc2)C1=O. The fourth-order valence-corrected chi connectivity index (χ4v) is 3.85. The molecule has 0 bridgehead atoms. The molecule has 6 radical (unpaired) electrons. The van der Waals surface area contributed by atoms with Gasteiger partial charge in [-0.2, -0.15) is 8.42 Å². The van der Waals surface area contributed by atoms with Crippen LogP contribution in [-0.2, 0) is 38.6 Å². The van der Waals surface area contributed by atoms with Gasteiger partial charge in [0.15, 0.2) is 5.50 Å². The smallest absolute Gasteiger partial charge is 0.338 e. The molecule has 1 unspecified atom stereocenters. The number of rotatable bonds is 7. The summed E-state index contributed by atoms with van der Waals surface area (Å²) in [6.07, 6.45) is 0. The second-order valence-electron chi connectivity index (χ2n) is 6.85. The number of benzene rings is 2. The summed E-state index contributed by atoms with van der Waals surface area (Å²) in [6, 6.07) is 12.9. The normalized spacial score (nSPS) is 18.8. The topological polar surface area (TPSA) is 122 Å². The van der Waals surface area contributed by atoms with E-state index in [1.807, 2.05) is 0 Å². The minimum Gasteiger partial charge on any atom is -0.467 e.